The van der Waals surface area contributed by atoms with Crippen molar-refractivity contribution >= 4 is 0 Å². The van der Waals surface area contributed by atoms with Gasteiger partial charge in [0, 0.05) is 6.54 Å². The van der Waals surface area contributed by atoms with Crippen LogP contribution in [0.25, 0.3) is 0 Å². The van der Waals surface area contributed by atoms with E-state index in [4.69, 9.17) is 10.00 Å². The smallest absolute Gasteiger partial charge is 0.213 e. The normalized spacial score (nSPS) is 9.94. The third kappa shape index (κ3) is 3.57. The summed E-state index contributed by atoms with van der Waals surface area (Å²) in [5, 5.41) is 15.3. The van der Waals surface area contributed by atoms with Crippen molar-refractivity contribution in [3.63, 3.8) is 0 Å². The summed E-state index contributed by atoms with van der Waals surface area (Å²) in [6.45, 7) is 1.33. The molecule has 1 N–H and O–H groups in total. The fourth-order valence-corrected chi connectivity index (χ4v) is 1.41. The highest BCUT2D eigenvalue weighted by atomic mass is 16.5. The number of benzene rings is 1. The van der Waals surface area contributed by atoms with Gasteiger partial charge in [0.25, 0.3) is 0 Å². The van der Waals surface area contributed by atoms with Crippen LogP contribution in [0, 0.1) is 11.3 Å². The van der Waals surface area contributed by atoms with E-state index in [0.717, 1.165) is 5.56 Å². The minimum atomic E-state index is 0.0649. The van der Waals surface area contributed by atoms with Gasteiger partial charge in [-0.05, 0) is 17.7 Å². The summed E-state index contributed by atoms with van der Waals surface area (Å²) in [6.07, 6.45) is 1.30. The van der Waals surface area contributed by atoms with Crippen molar-refractivity contribution < 1.29 is 9.26 Å². The number of hydrogen-bond donors (Lipinski definition) is 1. The number of hydrogen-bond acceptors (Lipinski definition) is 6. The average molecular weight is 244 g/mol. The van der Waals surface area contributed by atoms with Gasteiger partial charge in [0.1, 0.15) is 11.8 Å². The van der Waals surface area contributed by atoms with Crippen molar-refractivity contribution in [3.8, 4) is 11.8 Å². The number of ether oxygens (including phenoxy) is 1. The highest BCUT2D eigenvalue weighted by Gasteiger charge is 1.98. The molecule has 0 atom stereocenters. The first-order chi connectivity index (χ1) is 8.88. The standard InChI is InChI=1S/C12H12N4O2/c13-5-6-17-11-3-1-10(2-4-11)7-14-8-12-15-9-18-16-12/h1-4,9,14H,6-8H2. The lowest BCUT2D eigenvalue weighted by Gasteiger charge is -2.04. The second-order valence-electron chi connectivity index (χ2n) is 3.54. The average Bonchev–Trinajstić information content (AvgIpc) is 2.91. The minimum absolute atomic E-state index is 0.0649. The first-order valence-corrected chi connectivity index (χ1v) is 5.43. The Morgan fingerprint density at radius 3 is 2.78 bits per heavy atom. The molecule has 0 saturated carbocycles. The fourth-order valence-electron chi connectivity index (χ4n) is 1.41. The van der Waals surface area contributed by atoms with Gasteiger partial charge in [-0.25, -0.2) is 0 Å². The molecule has 0 amide bonds. The molecular weight excluding hydrogens is 232 g/mol. The molecule has 2 aromatic rings. The van der Waals surface area contributed by atoms with E-state index in [0.29, 0.717) is 24.7 Å². The van der Waals surface area contributed by atoms with Crippen molar-refractivity contribution in [2.45, 2.75) is 13.1 Å². The molecule has 0 radical (unpaired) electrons. The quantitative estimate of drug-likeness (QED) is 0.823. The summed E-state index contributed by atoms with van der Waals surface area (Å²) >= 11 is 0. The van der Waals surface area contributed by atoms with Crippen LogP contribution in [0.5, 0.6) is 5.75 Å². The van der Waals surface area contributed by atoms with Crippen molar-refractivity contribution in [2.75, 3.05) is 6.61 Å². The summed E-state index contributed by atoms with van der Waals surface area (Å²) < 4.78 is 9.79. The predicted octanol–water partition coefficient (Wildman–Crippen LogP) is 1.26. The molecule has 0 aliphatic heterocycles. The summed E-state index contributed by atoms with van der Waals surface area (Å²) in [4.78, 5) is 3.90. The summed E-state index contributed by atoms with van der Waals surface area (Å²) in [5.74, 6) is 1.32. The lowest BCUT2D eigenvalue weighted by Crippen LogP contribution is -2.13. The van der Waals surface area contributed by atoms with Gasteiger partial charge >= 0.3 is 0 Å². The van der Waals surface area contributed by atoms with Crippen molar-refractivity contribution in [2.24, 2.45) is 0 Å². The molecule has 6 nitrogen and oxygen atoms in total. The molecule has 0 unspecified atom stereocenters. The van der Waals surface area contributed by atoms with Crippen molar-refractivity contribution in [1.82, 2.24) is 15.5 Å². The lowest BCUT2D eigenvalue weighted by molar-refractivity contribution is 0.368. The van der Waals surface area contributed by atoms with Crippen molar-refractivity contribution in [3.05, 3.63) is 42.0 Å². The third-order valence-corrected chi connectivity index (χ3v) is 2.25. The van der Waals surface area contributed by atoms with E-state index in [9.17, 15) is 0 Å². The predicted molar refractivity (Wildman–Crippen MR) is 62.4 cm³/mol. The maximum absolute atomic E-state index is 8.38. The highest BCUT2D eigenvalue weighted by Crippen LogP contribution is 2.11. The van der Waals surface area contributed by atoms with Gasteiger partial charge in [-0.3, -0.25) is 0 Å². The maximum Gasteiger partial charge on any atom is 0.213 e. The van der Waals surface area contributed by atoms with Gasteiger partial charge in [0.05, 0.1) is 6.54 Å². The number of nitriles is 1. The molecule has 2 rings (SSSR count). The first-order valence-electron chi connectivity index (χ1n) is 5.43. The Kier molecular flexibility index (Phi) is 4.27. The molecule has 6 heteroatoms. The Bertz CT molecular complexity index is 502. The Morgan fingerprint density at radius 2 is 2.11 bits per heavy atom. The lowest BCUT2D eigenvalue weighted by atomic mass is 10.2. The highest BCUT2D eigenvalue weighted by molar-refractivity contribution is 5.27. The topological polar surface area (TPSA) is 84.0 Å². The second kappa shape index (κ2) is 6.37. The van der Waals surface area contributed by atoms with E-state index >= 15 is 0 Å². The molecule has 0 aliphatic carbocycles. The monoisotopic (exact) mass is 244 g/mol. The number of nitrogens with one attached hydrogen (secondary N) is 1. The van der Waals surface area contributed by atoms with Crippen LogP contribution in [0.4, 0.5) is 0 Å². The largest absolute Gasteiger partial charge is 0.479 e. The molecular formula is C12H12N4O2. The Labute approximate surface area is 104 Å². The molecule has 92 valence electrons. The van der Waals surface area contributed by atoms with Crippen LogP contribution >= 0.6 is 0 Å². The van der Waals surface area contributed by atoms with Crippen LogP contribution < -0.4 is 10.1 Å². The van der Waals surface area contributed by atoms with Crippen molar-refractivity contribution in [1.29, 1.82) is 5.26 Å². The first kappa shape index (κ1) is 12.1. The minimum Gasteiger partial charge on any atom is -0.479 e. The molecule has 1 aromatic carbocycles. The molecule has 0 aliphatic rings. The van der Waals surface area contributed by atoms with Crippen LogP contribution in [0.15, 0.2) is 35.2 Å². The van der Waals surface area contributed by atoms with E-state index in [1.807, 2.05) is 30.3 Å². The molecule has 1 heterocycles. The molecule has 0 fully saturated rings. The van der Waals surface area contributed by atoms with Gasteiger partial charge in [-0.1, -0.05) is 17.3 Å². The van der Waals surface area contributed by atoms with E-state index in [1.54, 1.807) is 0 Å². The zero-order valence-electron chi connectivity index (χ0n) is 9.67. The van der Waals surface area contributed by atoms with Gasteiger partial charge < -0.3 is 14.6 Å². The van der Waals surface area contributed by atoms with Gasteiger partial charge in [-0.15, -0.1) is 0 Å². The zero-order valence-corrected chi connectivity index (χ0v) is 9.67. The third-order valence-electron chi connectivity index (χ3n) is 2.25. The Balaban J connectivity index is 1.78. The van der Waals surface area contributed by atoms with E-state index in [2.05, 4.69) is 20.0 Å². The van der Waals surface area contributed by atoms with Crippen LogP contribution in [-0.2, 0) is 13.1 Å². The molecule has 0 saturated heterocycles. The maximum atomic E-state index is 8.38. The molecule has 0 bridgehead atoms. The second-order valence-corrected chi connectivity index (χ2v) is 3.54. The number of nitrogens with zero attached hydrogens (tertiary/aromatic N) is 3. The van der Waals surface area contributed by atoms with Gasteiger partial charge in [0.15, 0.2) is 12.4 Å². The number of aromatic nitrogens is 2. The van der Waals surface area contributed by atoms with Crippen LogP contribution in [0.2, 0.25) is 0 Å². The van der Waals surface area contributed by atoms with Gasteiger partial charge in [-0.2, -0.15) is 10.2 Å². The van der Waals surface area contributed by atoms with Gasteiger partial charge in [0.2, 0.25) is 6.39 Å². The van der Waals surface area contributed by atoms with Crippen LogP contribution in [0.1, 0.15) is 11.4 Å². The zero-order chi connectivity index (χ0) is 12.6. The van der Waals surface area contributed by atoms with Crippen LogP contribution in [-0.4, -0.2) is 16.7 Å². The molecule has 18 heavy (non-hydrogen) atoms. The number of rotatable bonds is 6. The van der Waals surface area contributed by atoms with E-state index < -0.39 is 0 Å². The Hall–Kier alpha value is -2.39. The van der Waals surface area contributed by atoms with E-state index in [1.165, 1.54) is 6.39 Å². The van der Waals surface area contributed by atoms with E-state index in [-0.39, 0.29) is 6.61 Å². The summed E-state index contributed by atoms with van der Waals surface area (Å²) in [7, 11) is 0. The Morgan fingerprint density at radius 1 is 1.28 bits per heavy atom. The SMILES string of the molecule is N#CCOc1ccc(CNCc2ncon2)cc1. The summed E-state index contributed by atoms with van der Waals surface area (Å²) in [6, 6.07) is 9.48. The molecule has 1 aromatic heterocycles. The summed E-state index contributed by atoms with van der Waals surface area (Å²) in [5.41, 5.74) is 1.11. The fraction of sp³-hybridized carbons (Fsp3) is 0.250. The van der Waals surface area contributed by atoms with Crippen LogP contribution in [0.3, 0.4) is 0 Å². The molecule has 0 spiro atoms.